The number of carbonyl (C=O) groups excluding carboxylic acids is 2. The molecule has 0 saturated carbocycles. The number of hydrogen-bond acceptors (Lipinski definition) is 4. The lowest BCUT2D eigenvalue weighted by Gasteiger charge is -2.19. The van der Waals surface area contributed by atoms with Gasteiger partial charge in [-0.05, 0) is 45.9 Å². The highest BCUT2D eigenvalue weighted by molar-refractivity contribution is 6.31. The summed E-state index contributed by atoms with van der Waals surface area (Å²) < 4.78 is 5.08. The Morgan fingerprint density at radius 2 is 1.95 bits per heavy atom. The van der Waals surface area contributed by atoms with Crippen LogP contribution in [0.2, 0.25) is 5.02 Å². The van der Waals surface area contributed by atoms with Gasteiger partial charge in [0.25, 0.3) is 0 Å². The van der Waals surface area contributed by atoms with Gasteiger partial charge in [-0.3, -0.25) is 4.79 Å². The van der Waals surface area contributed by atoms with Crippen molar-refractivity contribution in [1.29, 1.82) is 0 Å². The Bertz CT molecular complexity index is 589. The van der Waals surface area contributed by atoms with Crippen LogP contribution >= 0.6 is 11.6 Å². The van der Waals surface area contributed by atoms with Crippen molar-refractivity contribution in [3.05, 3.63) is 40.6 Å². The second kappa shape index (κ2) is 6.63. The van der Waals surface area contributed by atoms with Gasteiger partial charge in [0.05, 0.1) is 5.56 Å². The Morgan fingerprint density at radius 1 is 1.33 bits per heavy atom. The average Bonchev–Trinajstić information content (AvgIpc) is 2.29. The number of amides is 1. The van der Waals surface area contributed by atoms with Crippen molar-refractivity contribution < 1.29 is 14.3 Å². The predicted molar refractivity (Wildman–Crippen MR) is 82.9 cm³/mol. The molecule has 0 unspecified atom stereocenters. The van der Waals surface area contributed by atoms with Gasteiger partial charge in [-0.2, -0.15) is 0 Å². The van der Waals surface area contributed by atoms with Gasteiger partial charge in [0.2, 0.25) is 5.91 Å². The minimum absolute atomic E-state index is 0.159. The Balaban J connectivity index is 2.78. The third-order valence-electron chi connectivity index (χ3n) is 2.32. The van der Waals surface area contributed by atoms with E-state index in [0.717, 1.165) is 0 Å². The summed E-state index contributed by atoms with van der Waals surface area (Å²) in [6.07, 6.45) is 1.21. The second-order valence-electron chi connectivity index (χ2n) is 5.62. The molecule has 3 N–H and O–H groups in total. The van der Waals surface area contributed by atoms with E-state index in [1.165, 1.54) is 25.1 Å². The van der Waals surface area contributed by atoms with Crippen molar-refractivity contribution >= 4 is 29.2 Å². The van der Waals surface area contributed by atoms with Crippen LogP contribution in [0.1, 0.15) is 38.1 Å². The number of benzene rings is 1. The molecular formula is C15H19ClN2O3. The molecule has 0 aromatic heterocycles. The Kier molecular flexibility index (Phi) is 5.38. The number of ether oxygens (including phenoxy) is 1. The zero-order chi connectivity index (χ0) is 16.2. The summed E-state index contributed by atoms with van der Waals surface area (Å²) in [5, 5.41) is 3.11. The van der Waals surface area contributed by atoms with Crippen molar-refractivity contribution in [3.8, 4) is 0 Å². The number of carbonyl (C=O) groups is 2. The number of allylic oxidation sites excluding steroid dienone is 1. The summed E-state index contributed by atoms with van der Waals surface area (Å²) in [4.78, 5) is 23.6. The van der Waals surface area contributed by atoms with Crippen molar-refractivity contribution in [3.63, 3.8) is 0 Å². The van der Waals surface area contributed by atoms with E-state index in [9.17, 15) is 9.59 Å². The molecule has 0 spiro atoms. The van der Waals surface area contributed by atoms with E-state index < -0.39 is 5.97 Å². The summed E-state index contributed by atoms with van der Waals surface area (Å²) >= 11 is 5.81. The van der Waals surface area contributed by atoms with E-state index in [0.29, 0.717) is 5.02 Å². The van der Waals surface area contributed by atoms with Crippen LogP contribution < -0.4 is 11.1 Å². The molecule has 5 nitrogen and oxygen atoms in total. The van der Waals surface area contributed by atoms with Crippen LogP contribution in [0, 0.1) is 0 Å². The van der Waals surface area contributed by atoms with Crippen LogP contribution in [0.4, 0.5) is 5.69 Å². The lowest BCUT2D eigenvalue weighted by atomic mass is 10.1. The molecule has 0 aliphatic rings. The predicted octanol–water partition coefficient (Wildman–Crippen LogP) is 2.90. The fourth-order valence-electron chi connectivity index (χ4n) is 1.53. The van der Waals surface area contributed by atoms with Gasteiger partial charge in [0.1, 0.15) is 5.76 Å². The maximum atomic E-state index is 12.0. The van der Waals surface area contributed by atoms with Crippen LogP contribution in [0.3, 0.4) is 0 Å². The van der Waals surface area contributed by atoms with Crippen molar-refractivity contribution in [2.24, 2.45) is 0 Å². The van der Waals surface area contributed by atoms with Gasteiger partial charge in [0.15, 0.2) is 0 Å². The molecule has 1 amide bonds. The van der Waals surface area contributed by atoms with E-state index in [-0.39, 0.29) is 28.5 Å². The van der Waals surface area contributed by atoms with Gasteiger partial charge in [-0.25, -0.2) is 4.79 Å². The molecule has 1 aromatic rings. The lowest BCUT2D eigenvalue weighted by molar-refractivity contribution is -0.117. The van der Waals surface area contributed by atoms with Gasteiger partial charge in [-0.1, -0.05) is 11.6 Å². The molecule has 0 aliphatic heterocycles. The highest BCUT2D eigenvalue weighted by atomic mass is 35.5. The molecule has 0 atom stereocenters. The number of halogens is 1. The van der Waals surface area contributed by atoms with Crippen molar-refractivity contribution in [2.45, 2.75) is 33.2 Å². The van der Waals surface area contributed by atoms with E-state index in [2.05, 4.69) is 5.32 Å². The van der Waals surface area contributed by atoms with E-state index in [4.69, 9.17) is 22.1 Å². The SMILES string of the molecule is CC(=CC(=O)NC(C)(C)C)OC(=O)c1cc(Cl)ccc1N. The third-order valence-corrected chi connectivity index (χ3v) is 2.56. The Hall–Kier alpha value is -2.01. The standard InChI is InChI=1S/C15H19ClN2O3/c1-9(7-13(19)18-15(2,3)4)21-14(20)11-8-10(16)5-6-12(11)17/h5-8H,17H2,1-4H3,(H,18,19). The highest BCUT2D eigenvalue weighted by Crippen LogP contribution is 2.19. The first-order valence-corrected chi connectivity index (χ1v) is 6.74. The first-order valence-electron chi connectivity index (χ1n) is 6.36. The summed E-state index contributed by atoms with van der Waals surface area (Å²) in [6, 6.07) is 4.51. The van der Waals surface area contributed by atoms with Crippen LogP contribution in [-0.2, 0) is 9.53 Å². The monoisotopic (exact) mass is 310 g/mol. The molecule has 0 fully saturated rings. The molecule has 0 aliphatic carbocycles. The summed E-state index contributed by atoms with van der Waals surface area (Å²) in [5.74, 6) is -0.833. The molecule has 21 heavy (non-hydrogen) atoms. The summed E-state index contributed by atoms with van der Waals surface area (Å²) in [6.45, 7) is 7.08. The normalized spacial score (nSPS) is 12.0. The number of hydrogen-bond donors (Lipinski definition) is 2. The molecule has 114 valence electrons. The maximum absolute atomic E-state index is 12.0. The molecule has 1 rings (SSSR count). The molecule has 0 heterocycles. The Labute approximate surface area is 129 Å². The van der Waals surface area contributed by atoms with Crippen LogP contribution in [0.5, 0.6) is 0 Å². The quantitative estimate of drug-likeness (QED) is 0.389. The lowest BCUT2D eigenvalue weighted by Crippen LogP contribution is -2.39. The topological polar surface area (TPSA) is 81.4 Å². The zero-order valence-electron chi connectivity index (χ0n) is 12.5. The van der Waals surface area contributed by atoms with Crippen molar-refractivity contribution in [1.82, 2.24) is 5.32 Å². The molecule has 1 aromatic carbocycles. The maximum Gasteiger partial charge on any atom is 0.345 e. The number of nitrogens with one attached hydrogen (secondary N) is 1. The second-order valence-corrected chi connectivity index (χ2v) is 6.05. The molecule has 0 bridgehead atoms. The van der Waals surface area contributed by atoms with Gasteiger partial charge in [0, 0.05) is 22.3 Å². The minimum atomic E-state index is -0.660. The first-order chi connectivity index (χ1) is 9.58. The third kappa shape index (κ3) is 5.87. The van der Waals surface area contributed by atoms with E-state index >= 15 is 0 Å². The number of rotatable bonds is 3. The number of nitrogen functional groups attached to an aromatic ring is 1. The summed E-state index contributed by atoms with van der Waals surface area (Å²) in [7, 11) is 0. The smallest absolute Gasteiger partial charge is 0.345 e. The van der Waals surface area contributed by atoms with E-state index in [1.54, 1.807) is 6.07 Å². The fraction of sp³-hybridized carbons (Fsp3) is 0.333. The number of nitrogens with two attached hydrogens (primary N) is 1. The molecule has 6 heteroatoms. The summed E-state index contributed by atoms with van der Waals surface area (Å²) in [5.41, 5.74) is 5.75. The molecular weight excluding hydrogens is 292 g/mol. The van der Waals surface area contributed by atoms with Crippen LogP contribution in [0.15, 0.2) is 30.0 Å². The highest BCUT2D eigenvalue weighted by Gasteiger charge is 2.15. The van der Waals surface area contributed by atoms with Crippen molar-refractivity contribution in [2.75, 3.05) is 5.73 Å². The van der Waals surface area contributed by atoms with Gasteiger partial charge < -0.3 is 15.8 Å². The fourth-order valence-corrected chi connectivity index (χ4v) is 1.70. The van der Waals surface area contributed by atoms with Crippen LogP contribution in [0.25, 0.3) is 0 Å². The minimum Gasteiger partial charge on any atom is -0.428 e. The number of anilines is 1. The zero-order valence-corrected chi connectivity index (χ0v) is 13.2. The average molecular weight is 311 g/mol. The van der Waals surface area contributed by atoms with Crippen LogP contribution in [-0.4, -0.2) is 17.4 Å². The first kappa shape index (κ1) is 17.0. The Morgan fingerprint density at radius 3 is 2.52 bits per heavy atom. The van der Waals surface area contributed by atoms with E-state index in [1.807, 2.05) is 20.8 Å². The van der Waals surface area contributed by atoms with Gasteiger partial charge in [-0.15, -0.1) is 0 Å². The number of esters is 1. The molecule has 0 radical (unpaired) electrons. The molecule has 0 saturated heterocycles. The van der Waals surface area contributed by atoms with Gasteiger partial charge >= 0.3 is 5.97 Å². The largest absolute Gasteiger partial charge is 0.428 e.